The van der Waals surface area contributed by atoms with E-state index in [2.05, 4.69) is 0 Å². The van der Waals surface area contributed by atoms with Gasteiger partial charge in [0.1, 0.15) is 24.7 Å². The lowest BCUT2D eigenvalue weighted by Crippen LogP contribution is -2.12. The Kier molecular flexibility index (Phi) is 7.16. The fraction of sp³-hybridized carbons (Fsp3) is 0.300. The summed E-state index contributed by atoms with van der Waals surface area (Å²) in [6.07, 6.45) is 0. The van der Waals surface area contributed by atoms with E-state index in [1.54, 1.807) is 48.5 Å². The van der Waals surface area contributed by atoms with Gasteiger partial charge in [0.25, 0.3) is 0 Å². The first-order chi connectivity index (χ1) is 12.1. The van der Waals surface area contributed by atoms with E-state index in [9.17, 15) is 9.59 Å². The Morgan fingerprint density at radius 1 is 0.640 bits per heavy atom. The van der Waals surface area contributed by atoms with Crippen LogP contribution in [0.4, 0.5) is 0 Å². The summed E-state index contributed by atoms with van der Waals surface area (Å²) in [6, 6.07) is 14.0. The quantitative estimate of drug-likeness (QED) is 0.488. The molecule has 0 heterocycles. The molecule has 0 saturated carbocycles. The molecule has 0 unspecified atom stereocenters. The average Bonchev–Trinajstić information content (AvgIpc) is 2.61. The van der Waals surface area contributed by atoms with Crippen molar-refractivity contribution in [3.05, 3.63) is 59.7 Å². The summed E-state index contributed by atoms with van der Waals surface area (Å²) >= 11 is 0. The molecule has 0 spiro atoms. The SMILES string of the molecule is CC(=O)c1ccc(OCCOCCOc2ccc(C(C)=O)cc2)cc1. The van der Waals surface area contributed by atoms with E-state index >= 15 is 0 Å². The van der Waals surface area contributed by atoms with Gasteiger partial charge in [-0.1, -0.05) is 0 Å². The lowest BCUT2D eigenvalue weighted by atomic mass is 10.1. The Morgan fingerprint density at radius 3 is 1.32 bits per heavy atom. The van der Waals surface area contributed by atoms with Crippen molar-refractivity contribution in [2.24, 2.45) is 0 Å². The zero-order valence-electron chi connectivity index (χ0n) is 14.5. The molecule has 0 radical (unpaired) electrons. The molecule has 5 heteroatoms. The van der Waals surface area contributed by atoms with Gasteiger partial charge in [-0.05, 0) is 62.4 Å². The smallest absolute Gasteiger partial charge is 0.159 e. The number of ether oxygens (including phenoxy) is 3. The van der Waals surface area contributed by atoms with E-state index in [4.69, 9.17) is 14.2 Å². The molecule has 0 amide bonds. The highest BCUT2D eigenvalue weighted by Crippen LogP contribution is 2.13. The molecule has 5 nitrogen and oxygen atoms in total. The van der Waals surface area contributed by atoms with Gasteiger partial charge < -0.3 is 14.2 Å². The first-order valence-electron chi connectivity index (χ1n) is 8.11. The fourth-order valence-corrected chi connectivity index (χ4v) is 2.11. The van der Waals surface area contributed by atoms with Crippen LogP contribution in [0, 0.1) is 0 Å². The third-order valence-electron chi connectivity index (χ3n) is 3.51. The number of carbonyl (C=O) groups is 2. The van der Waals surface area contributed by atoms with Crippen molar-refractivity contribution < 1.29 is 23.8 Å². The minimum atomic E-state index is 0.0332. The number of rotatable bonds is 10. The van der Waals surface area contributed by atoms with Crippen LogP contribution in [0.3, 0.4) is 0 Å². The highest BCUT2D eigenvalue weighted by atomic mass is 16.5. The van der Waals surface area contributed by atoms with Crippen LogP contribution in [-0.2, 0) is 4.74 Å². The van der Waals surface area contributed by atoms with Gasteiger partial charge in [-0.25, -0.2) is 0 Å². The highest BCUT2D eigenvalue weighted by Gasteiger charge is 2.01. The molecule has 0 N–H and O–H groups in total. The molecule has 0 aliphatic carbocycles. The van der Waals surface area contributed by atoms with Gasteiger partial charge in [-0.2, -0.15) is 0 Å². The van der Waals surface area contributed by atoms with Crippen molar-refractivity contribution in [3.8, 4) is 11.5 Å². The molecule has 2 rings (SSSR count). The van der Waals surface area contributed by atoms with Crippen molar-refractivity contribution in [2.45, 2.75) is 13.8 Å². The Balaban J connectivity index is 1.57. The fourth-order valence-electron chi connectivity index (χ4n) is 2.11. The molecule has 0 fully saturated rings. The van der Waals surface area contributed by atoms with Crippen molar-refractivity contribution in [2.75, 3.05) is 26.4 Å². The van der Waals surface area contributed by atoms with Crippen molar-refractivity contribution in [3.63, 3.8) is 0 Å². The summed E-state index contributed by atoms with van der Waals surface area (Å²) in [5.74, 6) is 1.47. The Morgan fingerprint density at radius 2 is 1.00 bits per heavy atom. The van der Waals surface area contributed by atoms with Crippen LogP contribution in [0.15, 0.2) is 48.5 Å². The molecule has 0 bridgehead atoms. The maximum atomic E-state index is 11.2. The molecular formula is C20H22O5. The number of ketones is 2. The van der Waals surface area contributed by atoms with Crippen LogP contribution < -0.4 is 9.47 Å². The number of Topliss-reactive ketones (excluding diaryl/α,β-unsaturated/α-hetero) is 2. The third kappa shape index (κ3) is 6.39. The minimum Gasteiger partial charge on any atom is -0.491 e. The maximum absolute atomic E-state index is 11.2. The van der Waals surface area contributed by atoms with E-state index in [1.165, 1.54) is 13.8 Å². The second-order valence-electron chi connectivity index (χ2n) is 5.47. The van der Waals surface area contributed by atoms with Crippen LogP contribution in [0.5, 0.6) is 11.5 Å². The molecule has 0 atom stereocenters. The summed E-state index contributed by atoms with van der Waals surface area (Å²) in [5, 5.41) is 0. The highest BCUT2D eigenvalue weighted by molar-refractivity contribution is 5.94. The summed E-state index contributed by atoms with van der Waals surface area (Å²) in [7, 11) is 0. The van der Waals surface area contributed by atoms with Gasteiger partial charge in [0.2, 0.25) is 0 Å². The Hall–Kier alpha value is -2.66. The number of hydrogen-bond donors (Lipinski definition) is 0. The summed E-state index contributed by atoms with van der Waals surface area (Å²) in [5.41, 5.74) is 1.33. The normalized spacial score (nSPS) is 10.3. The van der Waals surface area contributed by atoms with E-state index in [0.717, 1.165) is 0 Å². The molecule has 2 aromatic rings. The first-order valence-corrected chi connectivity index (χ1v) is 8.11. The zero-order chi connectivity index (χ0) is 18.1. The van der Waals surface area contributed by atoms with Crippen LogP contribution in [0.25, 0.3) is 0 Å². The van der Waals surface area contributed by atoms with Crippen LogP contribution in [-0.4, -0.2) is 38.0 Å². The monoisotopic (exact) mass is 342 g/mol. The largest absolute Gasteiger partial charge is 0.491 e. The number of benzene rings is 2. The third-order valence-corrected chi connectivity index (χ3v) is 3.51. The van der Waals surface area contributed by atoms with Crippen molar-refractivity contribution in [1.29, 1.82) is 0 Å². The molecule has 0 aliphatic heterocycles. The lowest BCUT2D eigenvalue weighted by molar-refractivity contribution is 0.0764. The van der Waals surface area contributed by atoms with Gasteiger partial charge in [0.05, 0.1) is 13.2 Å². The standard InChI is InChI=1S/C20H22O5/c1-15(21)17-3-7-19(8-4-17)24-13-11-23-12-14-25-20-9-5-18(6-10-20)16(2)22/h3-10H,11-14H2,1-2H3. The van der Waals surface area contributed by atoms with Crippen LogP contribution in [0.1, 0.15) is 34.6 Å². The Labute approximate surface area is 147 Å². The van der Waals surface area contributed by atoms with E-state index in [0.29, 0.717) is 49.1 Å². The van der Waals surface area contributed by atoms with E-state index in [1.807, 2.05) is 0 Å². The Bertz CT molecular complexity index is 628. The van der Waals surface area contributed by atoms with Gasteiger partial charge in [-0.3, -0.25) is 9.59 Å². The summed E-state index contributed by atoms with van der Waals surface area (Å²) in [4.78, 5) is 22.4. The molecule has 25 heavy (non-hydrogen) atoms. The zero-order valence-corrected chi connectivity index (χ0v) is 14.5. The number of hydrogen-bond acceptors (Lipinski definition) is 5. The lowest BCUT2D eigenvalue weighted by Gasteiger charge is -2.09. The van der Waals surface area contributed by atoms with Gasteiger partial charge in [0, 0.05) is 11.1 Å². The average molecular weight is 342 g/mol. The van der Waals surface area contributed by atoms with Gasteiger partial charge in [-0.15, -0.1) is 0 Å². The maximum Gasteiger partial charge on any atom is 0.159 e. The first kappa shape index (κ1) is 18.7. The predicted octanol–water partition coefficient (Wildman–Crippen LogP) is 3.57. The van der Waals surface area contributed by atoms with E-state index < -0.39 is 0 Å². The molecule has 0 saturated heterocycles. The van der Waals surface area contributed by atoms with Gasteiger partial charge in [0.15, 0.2) is 11.6 Å². The summed E-state index contributed by atoms with van der Waals surface area (Å²) < 4.78 is 16.5. The summed E-state index contributed by atoms with van der Waals surface area (Å²) in [6.45, 7) is 4.80. The molecule has 132 valence electrons. The van der Waals surface area contributed by atoms with Crippen LogP contribution in [0.2, 0.25) is 0 Å². The second kappa shape index (κ2) is 9.59. The minimum absolute atomic E-state index is 0.0332. The molecular weight excluding hydrogens is 320 g/mol. The van der Waals surface area contributed by atoms with Crippen molar-refractivity contribution >= 4 is 11.6 Å². The van der Waals surface area contributed by atoms with Crippen molar-refractivity contribution in [1.82, 2.24) is 0 Å². The van der Waals surface area contributed by atoms with Crippen LogP contribution >= 0.6 is 0 Å². The second-order valence-corrected chi connectivity index (χ2v) is 5.47. The number of carbonyl (C=O) groups excluding carboxylic acids is 2. The van der Waals surface area contributed by atoms with E-state index in [-0.39, 0.29) is 11.6 Å². The molecule has 2 aromatic carbocycles. The predicted molar refractivity (Wildman–Crippen MR) is 94.7 cm³/mol. The topological polar surface area (TPSA) is 61.8 Å². The molecule has 0 aromatic heterocycles. The van der Waals surface area contributed by atoms with Gasteiger partial charge >= 0.3 is 0 Å². The molecule has 0 aliphatic rings.